The number of rotatable bonds is 7. The van der Waals surface area contributed by atoms with Crippen LogP contribution in [0.4, 0.5) is 0 Å². The summed E-state index contributed by atoms with van der Waals surface area (Å²) in [6, 6.07) is 6.63. The van der Waals surface area contributed by atoms with Crippen molar-refractivity contribution in [3.05, 3.63) is 35.5 Å². The molecular weight excluding hydrogens is 270 g/mol. The predicted octanol–water partition coefficient (Wildman–Crippen LogP) is 2.22. The van der Waals surface area contributed by atoms with E-state index < -0.39 is 0 Å². The summed E-state index contributed by atoms with van der Waals surface area (Å²) >= 11 is 0. The molecule has 2 aromatic rings. The minimum Gasteiger partial charge on any atom is -0.493 e. The van der Waals surface area contributed by atoms with Gasteiger partial charge in [0.25, 0.3) is 0 Å². The second kappa shape index (κ2) is 6.13. The summed E-state index contributed by atoms with van der Waals surface area (Å²) in [7, 11) is 1.63. The molecule has 112 valence electrons. The number of hydrogen-bond donors (Lipinski definition) is 1. The lowest BCUT2D eigenvalue weighted by Gasteiger charge is -2.11. The van der Waals surface area contributed by atoms with Gasteiger partial charge in [-0.2, -0.15) is 4.98 Å². The lowest BCUT2D eigenvalue weighted by molar-refractivity contribution is 0.269. The minimum absolute atomic E-state index is 0.257. The van der Waals surface area contributed by atoms with Crippen LogP contribution in [0.5, 0.6) is 11.5 Å². The molecule has 0 unspecified atom stereocenters. The van der Waals surface area contributed by atoms with Gasteiger partial charge in [-0.3, -0.25) is 0 Å². The molecule has 1 aliphatic rings. The highest BCUT2D eigenvalue weighted by Gasteiger charge is 2.20. The fourth-order valence-electron chi connectivity index (χ4n) is 2.04. The Morgan fingerprint density at radius 2 is 2.19 bits per heavy atom. The summed E-state index contributed by atoms with van der Waals surface area (Å²) in [5.41, 5.74) is 1.17. The van der Waals surface area contributed by atoms with Gasteiger partial charge in [0.15, 0.2) is 18.1 Å². The van der Waals surface area contributed by atoms with Crippen LogP contribution in [0.25, 0.3) is 0 Å². The van der Waals surface area contributed by atoms with E-state index in [1.54, 1.807) is 14.0 Å². The highest BCUT2D eigenvalue weighted by atomic mass is 16.5. The molecule has 1 heterocycles. The zero-order valence-electron chi connectivity index (χ0n) is 12.3. The number of aryl methyl sites for hydroxylation is 1. The normalized spacial score (nSPS) is 14.2. The van der Waals surface area contributed by atoms with Crippen molar-refractivity contribution < 1.29 is 14.0 Å². The van der Waals surface area contributed by atoms with Gasteiger partial charge in [-0.05, 0) is 30.5 Å². The van der Waals surface area contributed by atoms with Crippen molar-refractivity contribution in [2.75, 3.05) is 7.11 Å². The zero-order chi connectivity index (χ0) is 14.7. The van der Waals surface area contributed by atoms with Gasteiger partial charge in [0.1, 0.15) is 0 Å². The summed E-state index contributed by atoms with van der Waals surface area (Å²) in [6.45, 7) is 2.85. The summed E-state index contributed by atoms with van der Waals surface area (Å²) < 4.78 is 16.0. The van der Waals surface area contributed by atoms with Crippen LogP contribution in [-0.4, -0.2) is 23.3 Å². The summed E-state index contributed by atoms with van der Waals surface area (Å²) in [4.78, 5) is 4.12. The molecule has 1 aromatic carbocycles. The van der Waals surface area contributed by atoms with E-state index in [1.807, 2.05) is 18.2 Å². The van der Waals surface area contributed by atoms with E-state index in [0.717, 1.165) is 6.54 Å². The number of methoxy groups -OCH3 is 1. The third-order valence-corrected chi connectivity index (χ3v) is 3.33. The van der Waals surface area contributed by atoms with E-state index in [9.17, 15) is 0 Å². The topological polar surface area (TPSA) is 69.4 Å². The van der Waals surface area contributed by atoms with E-state index in [0.29, 0.717) is 29.3 Å². The van der Waals surface area contributed by atoms with Gasteiger partial charge in [-0.25, -0.2) is 0 Å². The molecule has 6 nitrogen and oxygen atoms in total. The predicted molar refractivity (Wildman–Crippen MR) is 76.2 cm³/mol. The zero-order valence-corrected chi connectivity index (χ0v) is 12.3. The van der Waals surface area contributed by atoms with Crippen molar-refractivity contribution >= 4 is 0 Å². The van der Waals surface area contributed by atoms with Crippen molar-refractivity contribution in [1.82, 2.24) is 15.5 Å². The molecule has 0 bridgehead atoms. The standard InChI is InChI=1S/C15H19N3O3/c1-10-17-15(18-21-10)9-20-14-7-11(3-6-13(14)19-2)8-16-12-4-5-12/h3,6-7,12,16H,4-5,8-9H2,1-2H3. The van der Waals surface area contributed by atoms with Crippen molar-refractivity contribution in [1.29, 1.82) is 0 Å². The average Bonchev–Trinajstić information content (AvgIpc) is 3.24. The van der Waals surface area contributed by atoms with Crippen molar-refractivity contribution in [2.45, 2.75) is 39.0 Å². The molecule has 0 atom stereocenters. The van der Waals surface area contributed by atoms with Gasteiger partial charge >= 0.3 is 0 Å². The third kappa shape index (κ3) is 3.72. The molecule has 3 rings (SSSR count). The first-order valence-electron chi connectivity index (χ1n) is 7.07. The third-order valence-electron chi connectivity index (χ3n) is 3.33. The highest BCUT2D eigenvalue weighted by molar-refractivity contribution is 5.43. The lowest BCUT2D eigenvalue weighted by atomic mass is 10.2. The van der Waals surface area contributed by atoms with Crippen LogP contribution in [0.2, 0.25) is 0 Å². The SMILES string of the molecule is COc1ccc(CNC2CC2)cc1OCc1noc(C)n1. The molecule has 1 saturated carbocycles. The Balaban J connectivity index is 1.66. The second-order valence-electron chi connectivity index (χ2n) is 5.16. The van der Waals surface area contributed by atoms with Crippen LogP contribution in [0, 0.1) is 6.92 Å². The Labute approximate surface area is 123 Å². The van der Waals surface area contributed by atoms with Crippen molar-refractivity contribution in [3.8, 4) is 11.5 Å². The number of ether oxygens (including phenoxy) is 2. The van der Waals surface area contributed by atoms with Crippen molar-refractivity contribution in [3.63, 3.8) is 0 Å². The average molecular weight is 289 g/mol. The van der Waals surface area contributed by atoms with Gasteiger partial charge in [0.2, 0.25) is 11.7 Å². The molecule has 21 heavy (non-hydrogen) atoms. The first kappa shape index (κ1) is 13.9. The maximum Gasteiger partial charge on any atom is 0.223 e. The van der Waals surface area contributed by atoms with E-state index >= 15 is 0 Å². The molecule has 1 N–H and O–H groups in total. The Kier molecular flexibility index (Phi) is 4.06. The minimum atomic E-state index is 0.257. The van der Waals surface area contributed by atoms with Crippen LogP contribution < -0.4 is 14.8 Å². The number of benzene rings is 1. The molecule has 1 aliphatic carbocycles. The Morgan fingerprint density at radius 1 is 1.33 bits per heavy atom. The first-order valence-corrected chi connectivity index (χ1v) is 7.07. The molecular formula is C15H19N3O3. The van der Waals surface area contributed by atoms with Gasteiger partial charge in [-0.15, -0.1) is 0 Å². The summed E-state index contributed by atoms with van der Waals surface area (Å²) in [5, 5.41) is 7.29. The first-order chi connectivity index (χ1) is 10.2. The molecule has 1 aromatic heterocycles. The van der Waals surface area contributed by atoms with Crippen LogP contribution in [0.3, 0.4) is 0 Å². The molecule has 6 heteroatoms. The van der Waals surface area contributed by atoms with Gasteiger partial charge in [-0.1, -0.05) is 11.2 Å². The van der Waals surface area contributed by atoms with Crippen LogP contribution in [0.15, 0.2) is 22.7 Å². The van der Waals surface area contributed by atoms with Crippen LogP contribution in [-0.2, 0) is 13.2 Å². The molecule has 1 fully saturated rings. The molecule has 0 radical (unpaired) electrons. The fourth-order valence-corrected chi connectivity index (χ4v) is 2.04. The second-order valence-corrected chi connectivity index (χ2v) is 5.16. The lowest BCUT2D eigenvalue weighted by Crippen LogP contribution is -2.15. The summed E-state index contributed by atoms with van der Waals surface area (Å²) in [5.74, 6) is 2.44. The molecule has 0 spiro atoms. The van der Waals surface area contributed by atoms with E-state index in [1.165, 1.54) is 18.4 Å². The maximum absolute atomic E-state index is 5.75. The largest absolute Gasteiger partial charge is 0.493 e. The van der Waals surface area contributed by atoms with Crippen molar-refractivity contribution in [2.24, 2.45) is 0 Å². The van der Waals surface area contributed by atoms with E-state index in [-0.39, 0.29) is 6.61 Å². The quantitative estimate of drug-likeness (QED) is 0.843. The summed E-state index contributed by atoms with van der Waals surface area (Å²) in [6.07, 6.45) is 2.55. The smallest absolute Gasteiger partial charge is 0.223 e. The molecule has 0 aliphatic heterocycles. The Hall–Kier alpha value is -2.08. The van der Waals surface area contributed by atoms with Gasteiger partial charge < -0.3 is 19.3 Å². The monoisotopic (exact) mass is 289 g/mol. The number of aromatic nitrogens is 2. The molecule has 0 amide bonds. The highest BCUT2D eigenvalue weighted by Crippen LogP contribution is 2.29. The Bertz CT molecular complexity index is 608. The maximum atomic E-state index is 5.75. The van der Waals surface area contributed by atoms with Gasteiger partial charge in [0, 0.05) is 19.5 Å². The number of hydrogen-bond acceptors (Lipinski definition) is 6. The van der Waals surface area contributed by atoms with E-state index in [2.05, 4.69) is 15.5 Å². The van der Waals surface area contributed by atoms with Gasteiger partial charge in [0.05, 0.1) is 7.11 Å². The van der Waals surface area contributed by atoms with Crippen LogP contribution in [0.1, 0.15) is 30.1 Å². The van der Waals surface area contributed by atoms with E-state index in [4.69, 9.17) is 14.0 Å². The van der Waals surface area contributed by atoms with Crippen LogP contribution >= 0.6 is 0 Å². The number of nitrogens with zero attached hydrogens (tertiary/aromatic N) is 2. The fraction of sp³-hybridized carbons (Fsp3) is 0.467. The number of nitrogens with one attached hydrogen (secondary N) is 1. The molecule has 0 saturated heterocycles. The Morgan fingerprint density at radius 3 is 2.86 bits per heavy atom.